The van der Waals surface area contributed by atoms with Crippen molar-refractivity contribution in [2.75, 3.05) is 4.90 Å². The van der Waals surface area contributed by atoms with Gasteiger partial charge in [-0.15, -0.1) is 0 Å². The minimum Gasteiger partial charge on any atom is -0.476 e. The van der Waals surface area contributed by atoms with Gasteiger partial charge in [-0.05, 0) is 67.9 Å². The number of aromatic carboxylic acids is 1. The van der Waals surface area contributed by atoms with E-state index in [1.807, 2.05) is 6.07 Å². The normalized spacial score (nSPS) is 22.1. The molecule has 3 atom stereocenters. The van der Waals surface area contributed by atoms with Crippen LogP contribution in [0.1, 0.15) is 66.3 Å². The Balaban J connectivity index is 1.08. The van der Waals surface area contributed by atoms with Gasteiger partial charge in [0, 0.05) is 35.3 Å². The number of anilines is 1. The molecule has 0 spiro atoms. The maximum Gasteiger partial charge on any atom is 0.355 e. The number of halogens is 2. The average molecular weight is 582 g/mol. The third-order valence-electron chi connectivity index (χ3n) is 8.01. The number of carboxylic acid groups (broad SMARTS) is 1. The van der Waals surface area contributed by atoms with E-state index in [-0.39, 0.29) is 29.8 Å². The van der Waals surface area contributed by atoms with E-state index in [1.54, 1.807) is 24.3 Å². The fourth-order valence-electron chi connectivity index (χ4n) is 6.02. The minimum absolute atomic E-state index is 0.0357. The zero-order valence-corrected chi connectivity index (χ0v) is 22.8. The van der Waals surface area contributed by atoms with Crippen LogP contribution >= 0.6 is 23.2 Å². The molecule has 1 aliphatic carbocycles. The molecule has 3 fully saturated rings. The number of carbonyl (C=O) groups is 1. The van der Waals surface area contributed by atoms with Crippen LogP contribution in [0.3, 0.4) is 0 Å². The maximum atomic E-state index is 11.6. The Hall–Kier alpha value is -3.47. The molecule has 0 amide bonds. The first-order valence-electron chi connectivity index (χ1n) is 13.3. The molecule has 40 heavy (non-hydrogen) atoms. The highest BCUT2D eigenvalue weighted by atomic mass is 35.5. The van der Waals surface area contributed by atoms with Crippen molar-refractivity contribution in [1.29, 1.82) is 0 Å². The number of rotatable bonds is 8. The molecule has 206 valence electrons. The van der Waals surface area contributed by atoms with Gasteiger partial charge in [-0.25, -0.2) is 9.78 Å². The molecule has 0 radical (unpaired) electrons. The molecule has 4 aromatic rings. The second-order valence-electron chi connectivity index (χ2n) is 10.5. The molecule has 12 heteroatoms. The van der Waals surface area contributed by atoms with Gasteiger partial charge in [0.2, 0.25) is 0 Å². The summed E-state index contributed by atoms with van der Waals surface area (Å²) in [4.78, 5) is 22.3. The van der Waals surface area contributed by atoms with Crippen LogP contribution in [0, 0.1) is 0 Å². The van der Waals surface area contributed by atoms with Crippen LogP contribution in [-0.2, 0) is 11.3 Å². The van der Waals surface area contributed by atoms with Crippen LogP contribution in [0.5, 0.6) is 0 Å². The molecule has 1 unspecified atom stereocenters. The number of carboxylic acids is 1. The molecular formula is C28H25Cl2N5O5. The van der Waals surface area contributed by atoms with Crippen molar-refractivity contribution in [3.8, 4) is 22.7 Å². The Morgan fingerprint density at radius 2 is 1.77 bits per heavy atom. The predicted molar refractivity (Wildman–Crippen MR) is 146 cm³/mol. The van der Waals surface area contributed by atoms with Crippen molar-refractivity contribution in [3.63, 3.8) is 0 Å². The predicted octanol–water partition coefficient (Wildman–Crippen LogP) is 6.39. The van der Waals surface area contributed by atoms with E-state index >= 15 is 0 Å². The van der Waals surface area contributed by atoms with E-state index in [0.29, 0.717) is 45.3 Å². The molecule has 1 saturated carbocycles. The quantitative estimate of drug-likeness (QED) is 0.250. The first kappa shape index (κ1) is 25.5. The Labute approximate surface area is 239 Å². The van der Waals surface area contributed by atoms with Crippen LogP contribution in [0.15, 0.2) is 45.6 Å². The van der Waals surface area contributed by atoms with Gasteiger partial charge in [0.25, 0.3) is 11.8 Å². The van der Waals surface area contributed by atoms with Crippen LogP contribution in [-0.4, -0.2) is 49.5 Å². The minimum atomic E-state index is -1.15. The third kappa shape index (κ3) is 4.53. The summed E-state index contributed by atoms with van der Waals surface area (Å²) in [5.74, 6) is 0.678. The van der Waals surface area contributed by atoms with Crippen molar-refractivity contribution in [1.82, 2.24) is 20.3 Å². The molecular weight excluding hydrogens is 557 g/mol. The highest BCUT2D eigenvalue weighted by Gasteiger charge is 2.44. The molecule has 5 heterocycles. The Morgan fingerprint density at radius 3 is 2.48 bits per heavy atom. The number of hydrogen-bond donors (Lipinski definition) is 1. The van der Waals surface area contributed by atoms with Crippen LogP contribution in [0.4, 0.5) is 5.95 Å². The van der Waals surface area contributed by atoms with E-state index < -0.39 is 5.97 Å². The smallest absolute Gasteiger partial charge is 0.355 e. The number of aromatic nitrogens is 4. The Morgan fingerprint density at radius 1 is 1.02 bits per heavy atom. The molecule has 2 saturated heterocycles. The van der Waals surface area contributed by atoms with Gasteiger partial charge in [0.05, 0.1) is 28.3 Å². The molecule has 3 aliphatic rings. The largest absolute Gasteiger partial charge is 0.476 e. The lowest BCUT2D eigenvalue weighted by Crippen LogP contribution is -2.46. The SMILES string of the molecule is O=C(O)c1ncccc1-c1nc(N2[C@@H]3CC[C@H]2CC(OCc2c(-c4c(Cl)cccc4Cl)noc2C2CC2)C3)no1. The molecule has 3 aromatic heterocycles. The summed E-state index contributed by atoms with van der Waals surface area (Å²) in [5.41, 5.74) is 2.41. The zero-order valence-electron chi connectivity index (χ0n) is 21.3. The van der Waals surface area contributed by atoms with E-state index in [1.165, 1.54) is 6.20 Å². The summed E-state index contributed by atoms with van der Waals surface area (Å²) in [7, 11) is 0. The molecule has 1 N–H and O–H groups in total. The van der Waals surface area contributed by atoms with Gasteiger partial charge >= 0.3 is 5.97 Å². The molecule has 2 bridgehead atoms. The maximum absolute atomic E-state index is 11.6. The number of ether oxygens (including phenoxy) is 1. The third-order valence-corrected chi connectivity index (χ3v) is 8.64. The molecule has 7 rings (SSSR count). The summed E-state index contributed by atoms with van der Waals surface area (Å²) in [5, 5.41) is 19.1. The molecule has 1 aromatic carbocycles. The highest BCUT2D eigenvalue weighted by Crippen LogP contribution is 2.47. The fourth-order valence-corrected chi connectivity index (χ4v) is 6.59. The number of pyridine rings is 1. The average Bonchev–Trinajstić information content (AvgIpc) is 3.42. The number of fused-ring (bicyclic) bond motifs is 2. The first-order chi connectivity index (χ1) is 19.5. The number of piperidine rings is 1. The standard InChI is InChI=1S/C28H25Cl2N5O5/c29-20-4-1-5-21(30)22(20)23-19(25(39-33-23)14-6-7-14)13-38-17-11-15-8-9-16(12-17)35(15)28-32-26(40-34-28)18-3-2-10-31-24(18)27(36)37/h1-5,10,14-17H,6-9,11-13H2,(H,36,37)/t15-,16+,17?. The second kappa shape index (κ2) is 10.2. The number of hydrogen-bond acceptors (Lipinski definition) is 9. The van der Waals surface area contributed by atoms with E-state index in [0.717, 1.165) is 49.8 Å². The number of benzene rings is 1. The van der Waals surface area contributed by atoms with Crippen molar-refractivity contribution in [2.24, 2.45) is 0 Å². The lowest BCUT2D eigenvalue weighted by Gasteiger charge is -2.37. The molecule has 10 nitrogen and oxygen atoms in total. The fraction of sp³-hybridized carbons (Fsp3) is 0.393. The van der Waals surface area contributed by atoms with E-state index in [9.17, 15) is 9.90 Å². The topological polar surface area (TPSA) is 128 Å². The zero-order chi connectivity index (χ0) is 27.4. The molecule has 2 aliphatic heterocycles. The van der Waals surface area contributed by atoms with Gasteiger partial charge in [-0.1, -0.05) is 34.4 Å². The number of nitrogens with zero attached hydrogens (tertiary/aromatic N) is 5. The highest BCUT2D eigenvalue weighted by molar-refractivity contribution is 6.39. The van der Waals surface area contributed by atoms with Crippen LogP contribution < -0.4 is 4.90 Å². The van der Waals surface area contributed by atoms with Crippen molar-refractivity contribution >= 4 is 35.1 Å². The summed E-state index contributed by atoms with van der Waals surface area (Å²) in [6, 6.07) is 9.04. The van der Waals surface area contributed by atoms with Gasteiger partial charge in [-0.2, -0.15) is 4.98 Å². The second-order valence-corrected chi connectivity index (χ2v) is 11.4. The van der Waals surface area contributed by atoms with Crippen molar-refractivity contribution in [3.05, 3.63) is 63.6 Å². The van der Waals surface area contributed by atoms with Gasteiger partial charge in [0.1, 0.15) is 11.5 Å². The van der Waals surface area contributed by atoms with Crippen LogP contribution in [0.25, 0.3) is 22.7 Å². The summed E-state index contributed by atoms with van der Waals surface area (Å²) < 4.78 is 17.8. The first-order valence-corrected chi connectivity index (χ1v) is 14.1. The van der Waals surface area contributed by atoms with Crippen LogP contribution in [0.2, 0.25) is 10.0 Å². The van der Waals surface area contributed by atoms with Crippen molar-refractivity contribution < 1.29 is 23.7 Å². The Bertz CT molecular complexity index is 1550. The van der Waals surface area contributed by atoms with Crippen molar-refractivity contribution in [2.45, 2.75) is 69.2 Å². The van der Waals surface area contributed by atoms with E-state index in [4.69, 9.17) is 37.0 Å². The Kier molecular flexibility index (Phi) is 6.48. The lowest BCUT2D eigenvalue weighted by atomic mass is 9.99. The summed E-state index contributed by atoms with van der Waals surface area (Å²) >= 11 is 13.0. The lowest BCUT2D eigenvalue weighted by molar-refractivity contribution is 0.0144. The monoisotopic (exact) mass is 581 g/mol. The van der Waals surface area contributed by atoms with Gasteiger partial charge in [0.15, 0.2) is 5.69 Å². The van der Waals surface area contributed by atoms with Gasteiger partial charge < -0.3 is 23.8 Å². The summed E-state index contributed by atoms with van der Waals surface area (Å²) in [6.07, 6.45) is 7.19. The summed E-state index contributed by atoms with van der Waals surface area (Å²) in [6.45, 7) is 0.363. The van der Waals surface area contributed by atoms with E-state index in [2.05, 4.69) is 25.2 Å². The van der Waals surface area contributed by atoms with Gasteiger partial charge in [-0.3, -0.25) is 0 Å².